The monoisotopic (exact) mass is 248 g/mol. The highest BCUT2D eigenvalue weighted by molar-refractivity contribution is 5.36. The van der Waals surface area contributed by atoms with Crippen LogP contribution in [-0.4, -0.2) is 5.11 Å². The lowest BCUT2D eigenvalue weighted by atomic mass is 9.84. The van der Waals surface area contributed by atoms with Gasteiger partial charge in [-0.05, 0) is 29.7 Å². The van der Waals surface area contributed by atoms with Crippen LogP contribution in [0.15, 0.2) is 48.5 Å². The zero-order chi connectivity index (χ0) is 13.2. The molecule has 0 aromatic heterocycles. The second kappa shape index (κ2) is 4.86. The van der Waals surface area contributed by atoms with E-state index < -0.39 is 17.2 Å². The number of hydrogen-bond donors (Lipinski definition) is 1. The van der Waals surface area contributed by atoms with Crippen molar-refractivity contribution in [3.63, 3.8) is 0 Å². The predicted octanol–water partition coefficient (Wildman–Crippen LogP) is 3.61. The van der Waals surface area contributed by atoms with Gasteiger partial charge in [0.1, 0.15) is 17.2 Å². The molecule has 94 valence electrons. The number of aliphatic hydroxyl groups is 1. The molecule has 2 aromatic carbocycles. The zero-order valence-corrected chi connectivity index (χ0v) is 10.0. The van der Waals surface area contributed by atoms with Crippen molar-refractivity contribution in [2.45, 2.75) is 18.9 Å². The first-order valence-electron chi connectivity index (χ1n) is 5.80. The van der Waals surface area contributed by atoms with Gasteiger partial charge in [0.25, 0.3) is 0 Å². The van der Waals surface area contributed by atoms with Gasteiger partial charge in [-0.3, -0.25) is 0 Å². The SMILES string of the molecule is CCC(O)(c1ccccc1)c1cc(F)cc(F)c1. The third-order valence-electron chi connectivity index (χ3n) is 3.10. The Balaban J connectivity index is 2.56. The molecule has 1 atom stereocenters. The molecule has 0 fully saturated rings. The van der Waals surface area contributed by atoms with Crippen LogP contribution in [0.4, 0.5) is 8.78 Å². The molecule has 0 saturated carbocycles. The molecule has 0 heterocycles. The summed E-state index contributed by atoms with van der Waals surface area (Å²) in [5.74, 6) is -1.37. The van der Waals surface area contributed by atoms with Gasteiger partial charge in [0.15, 0.2) is 0 Å². The van der Waals surface area contributed by atoms with E-state index >= 15 is 0 Å². The van der Waals surface area contributed by atoms with E-state index in [1.165, 1.54) is 12.1 Å². The number of benzene rings is 2. The summed E-state index contributed by atoms with van der Waals surface area (Å²) in [6, 6.07) is 12.0. The van der Waals surface area contributed by atoms with Crippen LogP contribution in [0.2, 0.25) is 0 Å². The Morgan fingerprint density at radius 3 is 2.00 bits per heavy atom. The summed E-state index contributed by atoms with van der Waals surface area (Å²) in [5.41, 5.74) is -0.518. The van der Waals surface area contributed by atoms with Crippen molar-refractivity contribution in [3.05, 3.63) is 71.3 Å². The number of hydrogen-bond acceptors (Lipinski definition) is 1. The second-order valence-corrected chi connectivity index (χ2v) is 4.24. The van der Waals surface area contributed by atoms with Crippen molar-refractivity contribution in [1.82, 2.24) is 0 Å². The highest BCUT2D eigenvalue weighted by atomic mass is 19.1. The van der Waals surface area contributed by atoms with E-state index in [1.54, 1.807) is 31.2 Å². The quantitative estimate of drug-likeness (QED) is 0.879. The van der Waals surface area contributed by atoms with Crippen LogP contribution in [0.5, 0.6) is 0 Å². The van der Waals surface area contributed by atoms with Gasteiger partial charge in [0, 0.05) is 6.07 Å². The van der Waals surface area contributed by atoms with Crippen molar-refractivity contribution in [3.8, 4) is 0 Å². The maximum atomic E-state index is 13.3. The fourth-order valence-electron chi connectivity index (χ4n) is 2.08. The third-order valence-corrected chi connectivity index (χ3v) is 3.10. The van der Waals surface area contributed by atoms with E-state index in [0.717, 1.165) is 6.07 Å². The molecule has 0 aliphatic rings. The summed E-state index contributed by atoms with van der Waals surface area (Å²) in [6.45, 7) is 1.77. The topological polar surface area (TPSA) is 20.2 Å². The lowest BCUT2D eigenvalue weighted by Crippen LogP contribution is -2.26. The Morgan fingerprint density at radius 2 is 1.50 bits per heavy atom. The van der Waals surface area contributed by atoms with Crippen LogP contribution in [0, 0.1) is 11.6 Å². The molecular weight excluding hydrogens is 234 g/mol. The molecule has 0 aliphatic heterocycles. The van der Waals surface area contributed by atoms with E-state index in [4.69, 9.17) is 0 Å². The van der Waals surface area contributed by atoms with Gasteiger partial charge in [0.05, 0.1) is 0 Å². The van der Waals surface area contributed by atoms with E-state index in [2.05, 4.69) is 0 Å². The van der Waals surface area contributed by atoms with Crippen LogP contribution in [-0.2, 0) is 5.60 Å². The molecule has 1 N–H and O–H groups in total. The van der Waals surface area contributed by atoms with E-state index in [1.807, 2.05) is 6.07 Å². The van der Waals surface area contributed by atoms with Gasteiger partial charge in [-0.1, -0.05) is 37.3 Å². The first kappa shape index (κ1) is 12.7. The van der Waals surface area contributed by atoms with Gasteiger partial charge >= 0.3 is 0 Å². The molecule has 0 radical (unpaired) electrons. The lowest BCUT2D eigenvalue weighted by molar-refractivity contribution is 0.0758. The summed E-state index contributed by atoms with van der Waals surface area (Å²) in [5, 5.41) is 10.7. The van der Waals surface area contributed by atoms with Gasteiger partial charge in [-0.15, -0.1) is 0 Å². The highest BCUT2D eigenvalue weighted by Gasteiger charge is 2.30. The number of halogens is 2. The van der Waals surface area contributed by atoms with Crippen LogP contribution >= 0.6 is 0 Å². The van der Waals surface area contributed by atoms with Crippen LogP contribution in [0.25, 0.3) is 0 Å². The Hall–Kier alpha value is -1.74. The van der Waals surface area contributed by atoms with Gasteiger partial charge in [-0.25, -0.2) is 8.78 Å². The second-order valence-electron chi connectivity index (χ2n) is 4.24. The minimum atomic E-state index is -1.37. The van der Waals surface area contributed by atoms with Crippen LogP contribution in [0.3, 0.4) is 0 Å². The number of rotatable bonds is 3. The maximum absolute atomic E-state index is 13.3. The Labute approximate surface area is 105 Å². The summed E-state index contributed by atoms with van der Waals surface area (Å²) >= 11 is 0. The van der Waals surface area contributed by atoms with Crippen molar-refractivity contribution in [2.75, 3.05) is 0 Å². The van der Waals surface area contributed by atoms with Crippen molar-refractivity contribution < 1.29 is 13.9 Å². The van der Waals surface area contributed by atoms with Crippen LogP contribution < -0.4 is 0 Å². The van der Waals surface area contributed by atoms with E-state index in [9.17, 15) is 13.9 Å². The molecule has 0 bridgehead atoms. The molecule has 18 heavy (non-hydrogen) atoms. The van der Waals surface area contributed by atoms with Crippen molar-refractivity contribution in [1.29, 1.82) is 0 Å². The smallest absolute Gasteiger partial charge is 0.126 e. The standard InChI is InChI=1S/C15H14F2O/c1-2-15(18,11-6-4-3-5-7-11)12-8-13(16)10-14(17)9-12/h3-10,18H,2H2,1H3. The first-order valence-corrected chi connectivity index (χ1v) is 5.80. The Morgan fingerprint density at radius 1 is 0.944 bits per heavy atom. The maximum Gasteiger partial charge on any atom is 0.126 e. The van der Waals surface area contributed by atoms with E-state index in [-0.39, 0.29) is 5.56 Å². The molecular formula is C15H14F2O. The Kier molecular flexibility index (Phi) is 3.43. The highest BCUT2D eigenvalue weighted by Crippen LogP contribution is 2.33. The fourth-order valence-corrected chi connectivity index (χ4v) is 2.08. The van der Waals surface area contributed by atoms with E-state index in [0.29, 0.717) is 12.0 Å². The minimum Gasteiger partial charge on any atom is -0.380 e. The van der Waals surface area contributed by atoms with Crippen molar-refractivity contribution in [2.24, 2.45) is 0 Å². The normalized spacial score (nSPS) is 14.2. The molecule has 3 heteroatoms. The average Bonchev–Trinajstić information content (AvgIpc) is 2.37. The predicted molar refractivity (Wildman–Crippen MR) is 66.1 cm³/mol. The summed E-state index contributed by atoms with van der Waals surface area (Å²) < 4.78 is 26.5. The summed E-state index contributed by atoms with van der Waals surface area (Å²) in [7, 11) is 0. The summed E-state index contributed by atoms with van der Waals surface area (Å²) in [4.78, 5) is 0. The average molecular weight is 248 g/mol. The molecule has 1 nitrogen and oxygen atoms in total. The Bertz CT molecular complexity index is 519. The third kappa shape index (κ3) is 2.27. The molecule has 0 amide bonds. The van der Waals surface area contributed by atoms with Gasteiger partial charge in [-0.2, -0.15) is 0 Å². The molecule has 0 saturated heterocycles. The molecule has 0 spiro atoms. The lowest BCUT2D eigenvalue weighted by Gasteiger charge is -2.28. The molecule has 1 unspecified atom stereocenters. The fraction of sp³-hybridized carbons (Fsp3) is 0.200. The molecule has 2 rings (SSSR count). The first-order chi connectivity index (χ1) is 8.56. The van der Waals surface area contributed by atoms with Crippen LogP contribution in [0.1, 0.15) is 24.5 Å². The zero-order valence-electron chi connectivity index (χ0n) is 10.0. The largest absolute Gasteiger partial charge is 0.380 e. The van der Waals surface area contributed by atoms with Gasteiger partial charge < -0.3 is 5.11 Å². The summed E-state index contributed by atoms with van der Waals surface area (Å²) in [6.07, 6.45) is 0.333. The van der Waals surface area contributed by atoms with Crippen molar-refractivity contribution >= 4 is 0 Å². The molecule has 2 aromatic rings. The van der Waals surface area contributed by atoms with Gasteiger partial charge in [0.2, 0.25) is 0 Å². The molecule has 0 aliphatic carbocycles. The minimum absolute atomic E-state index is 0.230.